The topological polar surface area (TPSA) is 98.8 Å². The van der Waals surface area contributed by atoms with Gasteiger partial charge in [0.15, 0.2) is 0 Å². The number of methoxy groups -OCH3 is 1. The normalized spacial score (nSPS) is 12.1. The molecule has 196 valence electrons. The van der Waals surface area contributed by atoms with Crippen molar-refractivity contribution in [3.05, 3.63) is 85.4 Å². The molecule has 0 saturated carbocycles. The van der Waals surface area contributed by atoms with Gasteiger partial charge >= 0.3 is 5.69 Å². The van der Waals surface area contributed by atoms with Crippen molar-refractivity contribution in [3.8, 4) is 16.9 Å². The number of amidine groups is 1. The van der Waals surface area contributed by atoms with Crippen molar-refractivity contribution in [1.29, 1.82) is 0 Å². The van der Waals surface area contributed by atoms with Gasteiger partial charge in [-0.3, -0.25) is 14.9 Å². The van der Waals surface area contributed by atoms with Crippen LogP contribution in [0.1, 0.15) is 40.5 Å². The minimum absolute atomic E-state index is 0.105. The van der Waals surface area contributed by atoms with Gasteiger partial charge in [0.25, 0.3) is 5.56 Å². The van der Waals surface area contributed by atoms with Crippen molar-refractivity contribution >= 4 is 29.5 Å². The van der Waals surface area contributed by atoms with E-state index < -0.39 is 16.4 Å². The van der Waals surface area contributed by atoms with Crippen molar-refractivity contribution < 1.29 is 14.1 Å². The van der Waals surface area contributed by atoms with E-state index in [0.29, 0.717) is 11.4 Å². The van der Waals surface area contributed by atoms with Crippen LogP contribution in [0, 0.1) is 15.9 Å². The summed E-state index contributed by atoms with van der Waals surface area (Å²) in [6.07, 6.45) is 5.32. The lowest BCUT2D eigenvalue weighted by Gasteiger charge is -2.11. The predicted octanol–water partition coefficient (Wildman–Crippen LogP) is 4.98. The van der Waals surface area contributed by atoms with Crippen LogP contribution in [0.3, 0.4) is 0 Å². The number of nitrogens with one attached hydrogen (secondary N) is 1. The van der Waals surface area contributed by atoms with Gasteiger partial charge in [-0.1, -0.05) is 63.6 Å². The van der Waals surface area contributed by atoms with E-state index in [2.05, 4.69) is 17.2 Å². The molecule has 9 heteroatoms. The van der Waals surface area contributed by atoms with Gasteiger partial charge in [0, 0.05) is 41.5 Å². The second kappa shape index (κ2) is 13.7. The quantitative estimate of drug-likeness (QED) is 0.210. The third-order valence-corrected chi connectivity index (χ3v) is 5.38. The summed E-state index contributed by atoms with van der Waals surface area (Å²) in [5, 5.41) is 15.5. The Morgan fingerprint density at radius 2 is 1.89 bits per heavy atom. The molecule has 0 fully saturated rings. The zero-order valence-corrected chi connectivity index (χ0v) is 22.0. The molecule has 0 aliphatic rings. The molecule has 1 heterocycles. The second-order valence-electron chi connectivity index (χ2n) is 7.85. The molecule has 0 aliphatic heterocycles. The van der Waals surface area contributed by atoms with E-state index in [0.717, 1.165) is 41.1 Å². The molecule has 0 unspecified atom stereocenters. The number of aromatic nitrogens is 1. The molecule has 0 aliphatic carbocycles. The lowest BCUT2D eigenvalue weighted by atomic mass is 10.1. The van der Waals surface area contributed by atoms with Crippen LogP contribution in [-0.4, -0.2) is 22.4 Å². The van der Waals surface area contributed by atoms with Crippen molar-refractivity contribution in [1.82, 2.24) is 4.57 Å². The van der Waals surface area contributed by atoms with E-state index in [1.165, 1.54) is 7.11 Å². The maximum atomic E-state index is 14.0. The summed E-state index contributed by atoms with van der Waals surface area (Å²) in [5.74, 6) is -0.498. The molecule has 0 radical (unpaired) electrons. The minimum Gasteiger partial charge on any atom is -0.494 e. The standard InChI is InChI=1S/C26H27FN4O4.C2H6/c1-5-6-12-23-19(13-20(26(32)30(23)3)18-10-8-7-9-11-18)16-28-17(2)29-22-15-24(31(33)34)21(27)14-25(22)35-4;1-2/h7-16H,5-6H2,1-4H3,(H,28,29);1-2H3/b19-16-,23-12-;. The molecule has 0 bridgehead atoms. The third kappa shape index (κ3) is 7.13. The molecule has 0 spiro atoms. The molecular formula is C28H33FN4O4. The van der Waals surface area contributed by atoms with Crippen LogP contribution in [0.2, 0.25) is 0 Å². The largest absolute Gasteiger partial charge is 0.494 e. The van der Waals surface area contributed by atoms with Gasteiger partial charge < -0.3 is 14.6 Å². The number of halogens is 1. The number of nitro groups is 1. The zero-order chi connectivity index (χ0) is 27.5. The number of ether oxygens (including phenoxy) is 1. The van der Waals surface area contributed by atoms with Crippen LogP contribution in [-0.2, 0) is 7.05 Å². The minimum atomic E-state index is -0.992. The highest BCUT2D eigenvalue weighted by atomic mass is 19.1. The molecule has 37 heavy (non-hydrogen) atoms. The molecule has 0 atom stereocenters. The molecule has 1 N–H and O–H groups in total. The fraction of sp³-hybridized carbons (Fsp3) is 0.286. The molecule has 8 nitrogen and oxygen atoms in total. The van der Waals surface area contributed by atoms with Crippen molar-refractivity contribution in [2.45, 2.75) is 40.5 Å². The van der Waals surface area contributed by atoms with Gasteiger partial charge in [-0.15, -0.1) is 0 Å². The molecule has 2 aromatic carbocycles. The first kappa shape index (κ1) is 29.0. The fourth-order valence-electron chi connectivity index (χ4n) is 3.58. The monoisotopic (exact) mass is 508 g/mol. The zero-order valence-electron chi connectivity index (χ0n) is 22.0. The summed E-state index contributed by atoms with van der Waals surface area (Å²) in [6.45, 7) is 7.72. The predicted molar refractivity (Wildman–Crippen MR) is 148 cm³/mol. The Bertz CT molecular complexity index is 1450. The van der Waals surface area contributed by atoms with Crippen LogP contribution in [0.15, 0.2) is 58.3 Å². The summed E-state index contributed by atoms with van der Waals surface area (Å²) in [7, 11) is 3.07. The molecule has 1 aromatic heterocycles. The summed E-state index contributed by atoms with van der Waals surface area (Å²) in [5.41, 5.74) is 0.764. The summed E-state index contributed by atoms with van der Waals surface area (Å²) >= 11 is 0. The maximum absolute atomic E-state index is 14.0. The van der Waals surface area contributed by atoms with E-state index in [1.54, 1.807) is 30.8 Å². The van der Waals surface area contributed by atoms with Gasteiger partial charge in [0.1, 0.15) is 11.6 Å². The highest BCUT2D eigenvalue weighted by Crippen LogP contribution is 2.31. The van der Waals surface area contributed by atoms with Gasteiger partial charge in [0.05, 0.1) is 17.7 Å². The van der Waals surface area contributed by atoms with Gasteiger partial charge in [-0.05, 0) is 25.0 Å². The number of anilines is 1. The van der Waals surface area contributed by atoms with E-state index >= 15 is 0 Å². The van der Waals surface area contributed by atoms with Crippen LogP contribution < -0.4 is 26.2 Å². The number of aliphatic imine (C=N–C) groups is 1. The van der Waals surface area contributed by atoms with E-state index in [-0.39, 0.29) is 17.0 Å². The molecule has 0 saturated heterocycles. The number of pyridine rings is 1. The Labute approximate surface area is 215 Å². The molecule has 3 aromatic rings. The first-order chi connectivity index (χ1) is 17.8. The number of nitro benzene ring substituents is 1. The highest BCUT2D eigenvalue weighted by Gasteiger charge is 2.19. The van der Waals surface area contributed by atoms with Crippen LogP contribution >= 0.6 is 0 Å². The summed E-state index contributed by atoms with van der Waals surface area (Å²) < 4.78 is 20.7. The number of rotatable bonds is 7. The van der Waals surface area contributed by atoms with Crippen LogP contribution in [0.4, 0.5) is 15.8 Å². The van der Waals surface area contributed by atoms with Gasteiger partial charge in [0.2, 0.25) is 5.82 Å². The molecule has 0 amide bonds. The lowest BCUT2D eigenvalue weighted by Crippen LogP contribution is -2.42. The van der Waals surface area contributed by atoms with Crippen LogP contribution in [0.25, 0.3) is 23.4 Å². The van der Waals surface area contributed by atoms with Crippen molar-refractivity contribution in [3.63, 3.8) is 0 Å². The number of hydrogen-bond acceptors (Lipinski definition) is 5. The fourth-order valence-corrected chi connectivity index (χ4v) is 3.58. The Balaban J connectivity index is 0.00000235. The smallest absolute Gasteiger partial charge is 0.307 e. The number of benzene rings is 2. The Hall–Kier alpha value is -4.27. The van der Waals surface area contributed by atoms with Gasteiger partial charge in [-0.25, -0.2) is 4.99 Å². The highest BCUT2D eigenvalue weighted by molar-refractivity contribution is 5.96. The van der Waals surface area contributed by atoms with Gasteiger partial charge in [-0.2, -0.15) is 4.39 Å². The Morgan fingerprint density at radius 3 is 2.49 bits per heavy atom. The van der Waals surface area contributed by atoms with E-state index in [1.807, 2.05) is 50.3 Å². The Kier molecular flexibility index (Phi) is 10.7. The first-order valence-corrected chi connectivity index (χ1v) is 12.1. The second-order valence-corrected chi connectivity index (χ2v) is 7.85. The number of hydrogen-bond donors (Lipinski definition) is 1. The Morgan fingerprint density at radius 1 is 1.22 bits per heavy atom. The summed E-state index contributed by atoms with van der Waals surface area (Å²) in [4.78, 5) is 27.8. The number of nitrogens with zero attached hydrogens (tertiary/aromatic N) is 3. The maximum Gasteiger partial charge on any atom is 0.307 e. The van der Waals surface area contributed by atoms with E-state index in [4.69, 9.17) is 4.74 Å². The van der Waals surface area contributed by atoms with Crippen molar-refractivity contribution in [2.75, 3.05) is 12.4 Å². The lowest BCUT2D eigenvalue weighted by molar-refractivity contribution is -0.387. The van der Waals surface area contributed by atoms with Crippen molar-refractivity contribution in [2.24, 2.45) is 12.0 Å². The SMILES string of the molecule is CC.CCC/C=c1/c(=C\N=C(C)Nc2cc([N+](=O)[O-])c(F)cc2OC)cc(-c2ccccc2)c(=O)n1C. The van der Waals surface area contributed by atoms with E-state index in [9.17, 15) is 19.3 Å². The van der Waals surface area contributed by atoms with Crippen LogP contribution in [0.5, 0.6) is 5.75 Å². The third-order valence-electron chi connectivity index (χ3n) is 5.38. The average molecular weight is 509 g/mol. The molecular weight excluding hydrogens is 475 g/mol. The summed E-state index contributed by atoms with van der Waals surface area (Å²) in [6, 6.07) is 13.2. The first-order valence-electron chi connectivity index (χ1n) is 12.1. The average Bonchev–Trinajstić information content (AvgIpc) is 2.90. The molecule has 3 rings (SSSR count). The number of unbranched alkanes of at least 4 members (excludes halogenated alkanes) is 1.